The molecule has 1 aliphatic rings. The Balaban J connectivity index is 1.90. The number of hydrogen-bond acceptors (Lipinski definition) is 5. The third-order valence-corrected chi connectivity index (χ3v) is 4.95. The highest BCUT2D eigenvalue weighted by atomic mass is 16.6. The Morgan fingerprint density at radius 3 is 2.00 bits per heavy atom. The van der Waals surface area contributed by atoms with Gasteiger partial charge in [-0.15, -0.1) is 0 Å². The second-order valence-corrected chi connectivity index (χ2v) is 6.72. The average Bonchev–Trinajstić information content (AvgIpc) is 3.05. The Morgan fingerprint density at radius 2 is 1.43 bits per heavy atom. The van der Waals surface area contributed by atoms with Crippen LogP contribution in [-0.2, 0) is 9.59 Å². The summed E-state index contributed by atoms with van der Waals surface area (Å²) in [5.41, 5.74) is 1.19. The third kappa shape index (κ3) is 3.22. The number of carbonyl (C=O) groups excluding carboxylic acids is 2. The van der Waals surface area contributed by atoms with Gasteiger partial charge in [-0.3, -0.25) is 24.6 Å². The number of non-ortho nitro benzene ring substituents is 1. The molecular weight excluding hydrogens is 384 g/mol. The summed E-state index contributed by atoms with van der Waals surface area (Å²) in [4.78, 5) is 37.6. The molecule has 1 unspecified atom stereocenters. The molecule has 1 saturated heterocycles. The number of aliphatic hydroxyl groups excluding tert-OH is 1. The second-order valence-electron chi connectivity index (χ2n) is 6.72. The van der Waals surface area contributed by atoms with Crippen molar-refractivity contribution >= 4 is 28.8 Å². The van der Waals surface area contributed by atoms with Crippen LogP contribution in [0.2, 0.25) is 0 Å². The molecule has 0 aromatic heterocycles. The van der Waals surface area contributed by atoms with Gasteiger partial charge in [0, 0.05) is 23.4 Å². The summed E-state index contributed by atoms with van der Waals surface area (Å²) >= 11 is 0. The summed E-state index contributed by atoms with van der Waals surface area (Å²) < 4.78 is 0. The van der Waals surface area contributed by atoms with E-state index in [0.29, 0.717) is 11.3 Å². The topological polar surface area (TPSA) is 101 Å². The Hall–Kier alpha value is -4.26. The fourth-order valence-corrected chi connectivity index (χ4v) is 3.53. The summed E-state index contributed by atoms with van der Waals surface area (Å²) in [7, 11) is 0. The number of benzene rings is 3. The first-order chi connectivity index (χ1) is 14.5. The van der Waals surface area contributed by atoms with E-state index in [-0.39, 0.29) is 22.6 Å². The quantitative estimate of drug-likeness (QED) is 0.232. The van der Waals surface area contributed by atoms with Crippen molar-refractivity contribution in [2.24, 2.45) is 0 Å². The SMILES string of the molecule is O=C1C(=O)N(c2ccccc2)C(c2ccccc2)C1=C(O)c1ccc([N+](=O)[O-])cc1. The van der Waals surface area contributed by atoms with Crippen molar-refractivity contribution in [3.8, 4) is 0 Å². The standard InChI is InChI=1S/C23H16N2O5/c26-21(16-11-13-18(14-12-16)25(29)30)19-20(15-7-3-1-4-8-15)24(23(28)22(19)27)17-9-5-2-6-10-17/h1-14,20,26H. The molecule has 1 amide bonds. The van der Waals surface area contributed by atoms with Crippen molar-refractivity contribution in [3.63, 3.8) is 0 Å². The molecule has 0 spiro atoms. The Kier molecular flexibility index (Phi) is 4.85. The maximum absolute atomic E-state index is 12.9. The number of anilines is 1. The van der Waals surface area contributed by atoms with Gasteiger partial charge in [-0.1, -0.05) is 48.5 Å². The Labute approximate surface area is 171 Å². The van der Waals surface area contributed by atoms with Crippen LogP contribution in [0.1, 0.15) is 17.2 Å². The van der Waals surface area contributed by atoms with E-state index < -0.39 is 22.7 Å². The van der Waals surface area contributed by atoms with Crippen molar-refractivity contribution in [1.29, 1.82) is 0 Å². The molecule has 0 saturated carbocycles. The van der Waals surface area contributed by atoms with Crippen molar-refractivity contribution in [2.75, 3.05) is 4.90 Å². The van der Waals surface area contributed by atoms with Gasteiger partial charge in [0.15, 0.2) is 0 Å². The van der Waals surface area contributed by atoms with Crippen LogP contribution in [0.5, 0.6) is 0 Å². The summed E-state index contributed by atoms with van der Waals surface area (Å²) in [6, 6.07) is 22.0. The molecule has 3 aromatic carbocycles. The van der Waals surface area contributed by atoms with Crippen molar-refractivity contribution in [2.45, 2.75) is 6.04 Å². The van der Waals surface area contributed by atoms with Gasteiger partial charge in [0.1, 0.15) is 5.76 Å². The van der Waals surface area contributed by atoms with Gasteiger partial charge in [-0.05, 0) is 29.8 Å². The fourth-order valence-electron chi connectivity index (χ4n) is 3.53. The third-order valence-electron chi connectivity index (χ3n) is 4.95. The molecule has 7 nitrogen and oxygen atoms in total. The van der Waals surface area contributed by atoms with Crippen LogP contribution >= 0.6 is 0 Å². The monoisotopic (exact) mass is 400 g/mol. The molecule has 1 aliphatic heterocycles. The number of nitro benzene ring substituents is 1. The summed E-state index contributed by atoms with van der Waals surface area (Å²) in [5.74, 6) is -1.95. The number of hydrogen-bond donors (Lipinski definition) is 1. The van der Waals surface area contributed by atoms with Crippen molar-refractivity contribution in [1.82, 2.24) is 0 Å². The molecule has 148 valence electrons. The summed E-state index contributed by atoms with van der Waals surface area (Å²) in [5, 5.41) is 21.8. The van der Waals surface area contributed by atoms with Crippen LogP contribution in [0.15, 0.2) is 90.5 Å². The largest absolute Gasteiger partial charge is 0.507 e. The number of aliphatic hydroxyl groups is 1. The summed E-state index contributed by atoms with van der Waals surface area (Å²) in [6.45, 7) is 0. The van der Waals surface area contributed by atoms with Crippen LogP contribution in [0.3, 0.4) is 0 Å². The first-order valence-electron chi connectivity index (χ1n) is 9.15. The molecular formula is C23H16N2O5. The van der Waals surface area contributed by atoms with E-state index in [4.69, 9.17) is 0 Å². The number of Topliss-reactive ketones (excluding diaryl/α,β-unsaturated/α-hetero) is 1. The van der Waals surface area contributed by atoms with Gasteiger partial charge in [0.25, 0.3) is 17.4 Å². The van der Waals surface area contributed by atoms with E-state index in [1.54, 1.807) is 54.6 Å². The second kappa shape index (κ2) is 7.63. The highest BCUT2D eigenvalue weighted by Crippen LogP contribution is 2.42. The lowest BCUT2D eigenvalue weighted by Gasteiger charge is -2.25. The number of nitro groups is 1. The molecule has 0 bridgehead atoms. The molecule has 1 heterocycles. The van der Waals surface area contributed by atoms with Gasteiger partial charge in [0.05, 0.1) is 16.5 Å². The zero-order chi connectivity index (χ0) is 21.3. The molecule has 1 N–H and O–H groups in total. The van der Waals surface area contributed by atoms with Crippen LogP contribution in [0.4, 0.5) is 11.4 Å². The maximum Gasteiger partial charge on any atom is 0.300 e. The minimum atomic E-state index is -0.830. The number of para-hydroxylation sites is 1. The Bertz CT molecular complexity index is 1160. The number of nitrogens with zero attached hydrogens (tertiary/aromatic N) is 2. The van der Waals surface area contributed by atoms with Crippen molar-refractivity contribution in [3.05, 3.63) is 112 Å². The minimum Gasteiger partial charge on any atom is -0.507 e. The van der Waals surface area contributed by atoms with Crippen LogP contribution in [0, 0.1) is 10.1 Å². The number of ketones is 1. The highest BCUT2D eigenvalue weighted by molar-refractivity contribution is 6.51. The summed E-state index contributed by atoms with van der Waals surface area (Å²) in [6.07, 6.45) is 0. The normalized spacial score (nSPS) is 17.9. The molecule has 4 rings (SSSR count). The molecule has 0 aliphatic carbocycles. The predicted molar refractivity (Wildman–Crippen MR) is 111 cm³/mol. The molecule has 7 heteroatoms. The van der Waals surface area contributed by atoms with E-state index >= 15 is 0 Å². The van der Waals surface area contributed by atoms with Crippen LogP contribution < -0.4 is 4.90 Å². The Morgan fingerprint density at radius 1 is 0.867 bits per heavy atom. The van der Waals surface area contributed by atoms with Crippen LogP contribution in [-0.4, -0.2) is 21.7 Å². The van der Waals surface area contributed by atoms with E-state index in [2.05, 4.69) is 0 Å². The first-order valence-corrected chi connectivity index (χ1v) is 9.15. The zero-order valence-electron chi connectivity index (χ0n) is 15.6. The smallest absolute Gasteiger partial charge is 0.300 e. The molecule has 30 heavy (non-hydrogen) atoms. The number of carbonyl (C=O) groups is 2. The van der Waals surface area contributed by atoms with E-state index in [1.807, 2.05) is 6.07 Å². The van der Waals surface area contributed by atoms with Crippen LogP contribution in [0.25, 0.3) is 5.76 Å². The molecule has 3 aromatic rings. The van der Waals surface area contributed by atoms with Crippen molar-refractivity contribution < 1.29 is 19.6 Å². The number of amides is 1. The van der Waals surface area contributed by atoms with Gasteiger partial charge in [-0.25, -0.2) is 0 Å². The molecule has 0 radical (unpaired) electrons. The zero-order valence-corrected chi connectivity index (χ0v) is 15.6. The van der Waals surface area contributed by atoms with E-state index in [0.717, 1.165) is 0 Å². The van der Waals surface area contributed by atoms with Gasteiger partial charge in [-0.2, -0.15) is 0 Å². The lowest BCUT2D eigenvalue weighted by atomic mass is 9.95. The molecule has 1 atom stereocenters. The molecule has 1 fully saturated rings. The van der Waals surface area contributed by atoms with E-state index in [9.17, 15) is 24.8 Å². The predicted octanol–water partition coefficient (Wildman–Crippen LogP) is 4.22. The highest BCUT2D eigenvalue weighted by Gasteiger charge is 2.46. The van der Waals surface area contributed by atoms with Gasteiger partial charge < -0.3 is 5.11 Å². The lowest BCUT2D eigenvalue weighted by Crippen LogP contribution is -2.29. The fraction of sp³-hybridized carbons (Fsp3) is 0.0435. The maximum atomic E-state index is 12.9. The van der Waals surface area contributed by atoms with Gasteiger partial charge >= 0.3 is 0 Å². The number of rotatable bonds is 4. The van der Waals surface area contributed by atoms with Gasteiger partial charge in [0.2, 0.25) is 0 Å². The van der Waals surface area contributed by atoms with E-state index in [1.165, 1.54) is 29.2 Å². The lowest BCUT2D eigenvalue weighted by molar-refractivity contribution is -0.384. The average molecular weight is 400 g/mol. The minimum absolute atomic E-state index is 0.0658. The first kappa shape index (κ1) is 19.1.